The molecule has 1 aliphatic carbocycles. The highest BCUT2D eigenvalue weighted by atomic mass is 35.5. The number of nitrogens with zero attached hydrogens (tertiary/aromatic N) is 2. The van der Waals surface area contributed by atoms with E-state index < -0.39 is 11.5 Å². The Balaban J connectivity index is 1.73. The van der Waals surface area contributed by atoms with Crippen molar-refractivity contribution in [3.8, 4) is 5.69 Å². The summed E-state index contributed by atoms with van der Waals surface area (Å²) in [7, 11) is 0. The molecule has 4 aromatic rings. The number of imidazole rings is 1. The molecule has 1 aromatic heterocycles. The van der Waals surface area contributed by atoms with Gasteiger partial charge in [-0.1, -0.05) is 49.2 Å². The van der Waals surface area contributed by atoms with Crippen molar-refractivity contribution in [1.29, 1.82) is 0 Å². The predicted octanol–water partition coefficient (Wildman–Crippen LogP) is 5.63. The average Bonchev–Trinajstić information content (AvgIpc) is 3.53. The van der Waals surface area contributed by atoms with Gasteiger partial charge in [-0.25, -0.2) is 9.59 Å². The van der Waals surface area contributed by atoms with Crippen LogP contribution in [0.4, 0.5) is 0 Å². The predicted molar refractivity (Wildman–Crippen MR) is 126 cm³/mol. The fourth-order valence-electron chi connectivity index (χ4n) is 4.64. The van der Waals surface area contributed by atoms with Crippen LogP contribution in [-0.2, 0) is 12.0 Å². The Bertz CT molecular complexity index is 1400. The van der Waals surface area contributed by atoms with Gasteiger partial charge in [0, 0.05) is 5.02 Å². The Kier molecular flexibility index (Phi) is 4.94. The lowest BCUT2D eigenvalue weighted by molar-refractivity contribution is 0.0696. The quantitative estimate of drug-likeness (QED) is 0.417. The minimum Gasteiger partial charge on any atom is -0.478 e. The molecule has 5 nitrogen and oxygen atoms in total. The number of fused-ring (bicyclic) bond motifs is 1. The van der Waals surface area contributed by atoms with E-state index in [0.717, 1.165) is 48.0 Å². The largest absolute Gasteiger partial charge is 0.478 e. The zero-order chi connectivity index (χ0) is 22.5. The lowest BCUT2D eigenvalue weighted by Gasteiger charge is -2.18. The molecule has 162 valence electrons. The Morgan fingerprint density at radius 2 is 1.78 bits per heavy atom. The van der Waals surface area contributed by atoms with Gasteiger partial charge in [0.2, 0.25) is 0 Å². The van der Waals surface area contributed by atoms with Gasteiger partial charge in [-0.3, -0.25) is 9.13 Å². The highest BCUT2D eigenvalue weighted by Gasteiger charge is 2.49. The molecule has 5 rings (SSSR count). The van der Waals surface area contributed by atoms with E-state index in [0.29, 0.717) is 5.02 Å². The van der Waals surface area contributed by atoms with Crippen LogP contribution in [0.15, 0.2) is 71.5 Å². The molecular formula is C26H23ClN2O3. The van der Waals surface area contributed by atoms with Crippen LogP contribution in [0.1, 0.15) is 47.7 Å². The van der Waals surface area contributed by atoms with Crippen LogP contribution in [0.25, 0.3) is 16.7 Å². The van der Waals surface area contributed by atoms with Crippen LogP contribution in [0.2, 0.25) is 5.02 Å². The fraction of sp³-hybridized carbons (Fsp3) is 0.231. The van der Waals surface area contributed by atoms with E-state index in [-0.39, 0.29) is 11.3 Å². The summed E-state index contributed by atoms with van der Waals surface area (Å²) < 4.78 is 3.53. The molecule has 0 spiro atoms. The van der Waals surface area contributed by atoms with Crippen molar-refractivity contribution in [3.05, 3.63) is 98.9 Å². The van der Waals surface area contributed by atoms with Gasteiger partial charge in [-0.2, -0.15) is 0 Å². The van der Waals surface area contributed by atoms with Crippen LogP contribution >= 0.6 is 11.6 Å². The molecule has 0 amide bonds. The summed E-state index contributed by atoms with van der Waals surface area (Å²) in [5.41, 5.74) is 3.91. The van der Waals surface area contributed by atoms with E-state index in [9.17, 15) is 14.7 Å². The Hall–Kier alpha value is -3.31. The minimum atomic E-state index is -0.976. The molecule has 0 saturated heterocycles. The van der Waals surface area contributed by atoms with Crippen molar-refractivity contribution in [2.75, 3.05) is 0 Å². The molecule has 1 N–H and O–H groups in total. The van der Waals surface area contributed by atoms with Gasteiger partial charge in [-0.15, -0.1) is 0 Å². The number of hydrogen-bond donors (Lipinski definition) is 1. The van der Waals surface area contributed by atoms with Crippen LogP contribution in [-0.4, -0.2) is 20.2 Å². The molecule has 3 aromatic carbocycles. The van der Waals surface area contributed by atoms with E-state index in [1.165, 1.54) is 5.56 Å². The first-order chi connectivity index (χ1) is 15.4. The Morgan fingerprint density at radius 3 is 2.44 bits per heavy atom. The van der Waals surface area contributed by atoms with E-state index >= 15 is 0 Å². The number of carboxylic acids is 1. The second-order valence-corrected chi connectivity index (χ2v) is 8.86. The van der Waals surface area contributed by atoms with Crippen LogP contribution < -0.4 is 5.69 Å². The number of carboxylic acid groups (broad SMARTS) is 1. The molecule has 1 aliphatic rings. The molecule has 0 unspecified atom stereocenters. The number of halogens is 1. The summed E-state index contributed by atoms with van der Waals surface area (Å²) in [6, 6.07) is 20.5. The van der Waals surface area contributed by atoms with Crippen molar-refractivity contribution in [1.82, 2.24) is 9.13 Å². The van der Waals surface area contributed by atoms with Gasteiger partial charge in [0.15, 0.2) is 0 Å². The van der Waals surface area contributed by atoms with Gasteiger partial charge in [0.1, 0.15) is 0 Å². The summed E-state index contributed by atoms with van der Waals surface area (Å²) in [6.07, 6.45) is 3.60. The molecule has 1 fully saturated rings. The fourth-order valence-corrected chi connectivity index (χ4v) is 4.80. The molecule has 32 heavy (non-hydrogen) atoms. The molecule has 0 aliphatic heterocycles. The third-order valence-electron chi connectivity index (χ3n) is 6.33. The van der Waals surface area contributed by atoms with Gasteiger partial charge in [0.05, 0.1) is 27.8 Å². The van der Waals surface area contributed by atoms with Crippen molar-refractivity contribution < 1.29 is 9.90 Å². The van der Waals surface area contributed by atoms with Gasteiger partial charge < -0.3 is 5.11 Å². The zero-order valence-electron chi connectivity index (χ0n) is 17.7. The molecule has 0 bridgehead atoms. The first-order valence-electron chi connectivity index (χ1n) is 10.8. The Labute approximate surface area is 190 Å². The van der Waals surface area contributed by atoms with Crippen LogP contribution in [0, 0.1) is 0 Å². The van der Waals surface area contributed by atoms with E-state index in [4.69, 9.17) is 11.6 Å². The SMILES string of the molecule is CCCc1ccc(-n2c(=O)n(C3(c4cccc(C(=O)O)c4)CC3)c3ccc(Cl)cc32)cc1. The second-order valence-electron chi connectivity index (χ2n) is 8.42. The second kappa shape index (κ2) is 7.68. The van der Waals surface area contributed by atoms with Crippen molar-refractivity contribution in [2.45, 2.75) is 38.1 Å². The first kappa shape index (κ1) is 20.6. The number of aromatic nitrogens is 2. The highest BCUT2D eigenvalue weighted by Crippen LogP contribution is 2.50. The number of hydrogen-bond acceptors (Lipinski definition) is 2. The van der Waals surface area contributed by atoms with Gasteiger partial charge in [0.25, 0.3) is 0 Å². The third kappa shape index (κ3) is 3.24. The summed E-state index contributed by atoms with van der Waals surface area (Å²) in [6.45, 7) is 2.14. The highest BCUT2D eigenvalue weighted by molar-refractivity contribution is 6.31. The molecule has 0 radical (unpaired) electrons. The Morgan fingerprint density at radius 1 is 1.03 bits per heavy atom. The first-order valence-corrected chi connectivity index (χ1v) is 11.2. The monoisotopic (exact) mass is 446 g/mol. The van der Waals surface area contributed by atoms with Crippen molar-refractivity contribution in [2.24, 2.45) is 0 Å². The summed E-state index contributed by atoms with van der Waals surface area (Å²) in [4.78, 5) is 25.4. The smallest absolute Gasteiger partial charge is 0.335 e. The van der Waals surface area contributed by atoms with Crippen molar-refractivity contribution >= 4 is 28.6 Å². The van der Waals surface area contributed by atoms with Crippen molar-refractivity contribution in [3.63, 3.8) is 0 Å². The standard InChI is InChI=1S/C26H23ClN2O3/c1-2-4-17-7-10-21(11-8-17)28-23-16-20(27)9-12-22(23)29(25(28)32)26(13-14-26)19-6-3-5-18(15-19)24(30)31/h3,5-12,15-16H,2,4,13-14H2,1H3,(H,30,31). The van der Waals surface area contributed by atoms with E-state index in [1.54, 1.807) is 28.8 Å². The van der Waals surface area contributed by atoms with Gasteiger partial charge >= 0.3 is 11.7 Å². The number of carbonyl (C=O) groups is 1. The van der Waals surface area contributed by atoms with Crippen LogP contribution in [0.5, 0.6) is 0 Å². The molecular weight excluding hydrogens is 424 g/mol. The van der Waals surface area contributed by atoms with E-state index in [2.05, 4.69) is 19.1 Å². The maximum absolute atomic E-state index is 13.9. The van der Waals surface area contributed by atoms with Gasteiger partial charge in [-0.05, 0) is 72.9 Å². The number of rotatable bonds is 6. The normalized spacial score (nSPS) is 14.6. The maximum Gasteiger partial charge on any atom is 0.335 e. The number of aryl methyl sites for hydroxylation is 1. The molecule has 6 heteroatoms. The summed E-state index contributed by atoms with van der Waals surface area (Å²) >= 11 is 6.32. The topological polar surface area (TPSA) is 64.2 Å². The minimum absolute atomic E-state index is 0.149. The van der Waals surface area contributed by atoms with E-state index in [1.807, 2.05) is 34.9 Å². The third-order valence-corrected chi connectivity index (χ3v) is 6.57. The lowest BCUT2D eigenvalue weighted by atomic mass is 10.0. The zero-order valence-corrected chi connectivity index (χ0v) is 18.5. The summed E-state index contributed by atoms with van der Waals surface area (Å²) in [5.74, 6) is -0.976. The number of aromatic carboxylic acids is 1. The number of benzene rings is 3. The van der Waals surface area contributed by atoms with Crippen LogP contribution in [0.3, 0.4) is 0 Å². The molecule has 0 atom stereocenters. The lowest BCUT2D eigenvalue weighted by Crippen LogP contribution is -2.32. The molecule has 1 saturated carbocycles. The summed E-state index contributed by atoms with van der Waals surface area (Å²) in [5, 5.41) is 10.0. The molecule has 1 heterocycles. The maximum atomic E-state index is 13.9. The average molecular weight is 447 g/mol.